The maximum atomic E-state index is 11.8. The van der Waals surface area contributed by atoms with Crippen LogP contribution in [0.15, 0.2) is 66.4 Å². The number of nitrogens with one attached hydrogen (secondary N) is 2. The van der Waals surface area contributed by atoms with Crippen molar-refractivity contribution < 1.29 is 9.53 Å². The lowest BCUT2D eigenvalue weighted by atomic mass is 10.2. The maximum Gasteiger partial charge on any atom is 0.323 e. The second-order valence-electron chi connectivity index (χ2n) is 5.55. The minimum Gasteiger partial charge on any atom is -0.457 e. The summed E-state index contributed by atoms with van der Waals surface area (Å²) in [5.41, 5.74) is 2.04. The molecule has 2 aromatic carbocycles. The number of para-hydroxylation sites is 1. The fourth-order valence-electron chi connectivity index (χ4n) is 2.54. The molecule has 0 aromatic heterocycles. The molecule has 2 amide bonds. The number of hydrogen-bond donors (Lipinski definition) is 2. The number of ether oxygens (including phenoxy) is 1. The highest BCUT2D eigenvalue weighted by Crippen LogP contribution is 2.23. The highest BCUT2D eigenvalue weighted by Gasteiger charge is 2.07. The van der Waals surface area contributed by atoms with E-state index in [4.69, 9.17) is 4.74 Å². The highest BCUT2D eigenvalue weighted by molar-refractivity contribution is 5.89. The van der Waals surface area contributed by atoms with Crippen molar-refractivity contribution in [3.8, 4) is 11.5 Å². The van der Waals surface area contributed by atoms with E-state index in [0.717, 1.165) is 30.0 Å². The average Bonchev–Trinajstić information content (AvgIpc) is 3.09. The van der Waals surface area contributed by atoms with Gasteiger partial charge in [-0.1, -0.05) is 23.8 Å². The molecule has 2 N–H and O–H groups in total. The first kappa shape index (κ1) is 15.2. The SMILES string of the molecule is O=C(NC=C1CCCC1)Nc1ccc(Oc2ccccc2)cc1. The molecule has 23 heavy (non-hydrogen) atoms. The molecule has 1 aliphatic carbocycles. The lowest BCUT2D eigenvalue weighted by Crippen LogP contribution is -2.24. The second kappa shape index (κ2) is 7.49. The number of hydrogen-bond acceptors (Lipinski definition) is 2. The van der Waals surface area contributed by atoms with Crippen molar-refractivity contribution in [3.05, 3.63) is 66.4 Å². The van der Waals surface area contributed by atoms with E-state index >= 15 is 0 Å². The number of anilines is 1. The normalized spacial score (nSPS) is 13.5. The molecule has 2 aromatic rings. The van der Waals surface area contributed by atoms with Gasteiger partial charge >= 0.3 is 6.03 Å². The Morgan fingerprint density at radius 1 is 0.913 bits per heavy atom. The van der Waals surface area contributed by atoms with Crippen LogP contribution in [0.1, 0.15) is 25.7 Å². The van der Waals surface area contributed by atoms with Crippen molar-refractivity contribution in [1.29, 1.82) is 0 Å². The summed E-state index contributed by atoms with van der Waals surface area (Å²) in [4.78, 5) is 11.8. The molecular weight excluding hydrogens is 288 g/mol. The van der Waals surface area contributed by atoms with Gasteiger partial charge in [0.15, 0.2) is 0 Å². The Hall–Kier alpha value is -2.75. The fourth-order valence-corrected chi connectivity index (χ4v) is 2.54. The number of carbonyl (C=O) groups excluding carboxylic acids is 1. The van der Waals surface area contributed by atoms with Crippen LogP contribution in [0.25, 0.3) is 0 Å². The largest absolute Gasteiger partial charge is 0.457 e. The molecule has 0 saturated heterocycles. The van der Waals surface area contributed by atoms with E-state index in [1.165, 1.54) is 18.4 Å². The minimum atomic E-state index is -0.221. The van der Waals surface area contributed by atoms with Gasteiger partial charge in [-0.3, -0.25) is 0 Å². The smallest absolute Gasteiger partial charge is 0.323 e. The van der Waals surface area contributed by atoms with Crippen molar-refractivity contribution >= 4 is 11.7 Å². The predicted molar refractivity (Wildman–Crippen MR) is 91.7 cm³/mol. The van der Waals surface area contributed by atoms with E-state index < -0.39 is 0 Å². The van der Waals surface area contributed by atoms with Crippen LogP contribution in [0.5, 0.6) is 11.5 Å². The van der Waals surface area contributed by atoms with Crippen molar-refractivity contribution in [2.75, 3.05) is 5.32 Å². The molecule has 0 spiro atoms. The van der Waals surface area contributed by atoms with Crippen molar-refractivity contribution in [3.63, 3.8) is 0 Å². The molecule has 4 nitrogen and oxygen atoms in total. The summed E-state index contributed by atoms with van der Waals surface area (Å²) >= 11 is 0. The van der Waals surface area contributed by atoms with Crippen molar-refractivity contribution in [2.45, 2.75) is 25.7 Å². The minimum absolute atomic E-state index is 0.221. The molecule has 0 heterocycles. The van der Waals surface area contributed by atoms with Crippen LogP contribution in [0, 0.1) is 0 Å². The Balaban J connectivity index is 1.52. The lowest BCUT2D eigenvalue weighted by molar-refractivity contribution is 0.255. The first-order valence-corrected chi connectivity index (χ1v) is 7.88. The third kappa shape index (κ3) is 4.61. The Morgan fingerprint density at radius 3 is 2.26 bits per heavy atom. The topological polar surface area (TPSA) is 50.4 Å². The van der Waals surface area contributed by atoms with E-state index in [-0.39, 0.29) is 6.03 Å². The number of carbonyl (C=O) groups is 1. The number of amides is 2. The summed E-state index contributed by atoms with van der Waals surface area (Å²) in [6, 6.07) is 16.7. The summed E-state index contributed by atoms with van der Waals surface area (Å²) in [6.45, 7) is 0. The van der Waals surface area contributed by atoms with E-state index in [9.17, 15) is 4.79 Å². The monoisotopic (exact) mass is 308 g/mol. The van der Waals surface area contributed by atoms with Gasteiger partial charge in [0.1, 0.15) is 11.5 Å². The summed E-state index contributed by atoms with van der Waals surface area (Å²) in [7, 11) is 0. The lowest BCUT2D eigenvalue weighted by Gasteiger charge is -2.08. The molecule has 0 atom stereocenters. The average molecular weight is 308 g/mol. The van der Waals surface area contributed by atoms with Gasteiger partial charge in [-0.25, -0.2) is 4.79 Å². The van der Waals surface area contributed by atoms with Gasteiger partial charge in [0.2, 0.25) is 0 Å². The fraction of sp³-hybridized carbons (Fsp3) is 0.211. The molecule has 4 heteroatoms. The van der Waals surface area contributed by atoms with Crippen LogP contribution >= 0.6 is 0 Å². The van der Waals surface area contributed by atoms with Gasteiger partial charge in [-0.05, 0) is 62.1 Å². The standard InChI is InChI=1S/C19H20N2O2/c22-19(20-14-15-6-4-5-7-15)21-16-10-12-18(13-11-16)23-17-8-2-1-3-9-17/h1-3,8-14H,4-7H2,(H2,20,21,22). The summed E-state index contributed by atoms with van der Waals surface area (Å²) in [5.74, 6) is 1.52. The van der Waals surface area contributed by atoms with Crippen LogP contribution in [0.4, 0.5) is 10.5 Å². The quantitative estimate of drug-likeness (QED) is 0.829. The zero-order valence-corrected chi connectivity index (χ0v) is 12.9. The third-order valence-electron chi connectivity index (χ3n) is 3.74. The number of allylic oxidation sites excluding steroid dienone is 1. The molecular formula is C19H20N2O2. The van der Waals surface area contributed by atoms with Gasteiger partial charge in [-0.2, -0.15) is 0 Å². The van der Waals surface area contributed by atoms with Crippen molar-refractivity contribution in [1.82, 2.24) is 5.32 Å². The molecule has 0 radical (unpaired) electrons. The molecule has 3 rings (SSSR count). The molecule has 1 saturated carbocycles. The van der Waals surface area contributed by atoms with Crippen LogP contribution in [0.2, 0.25) is 0 Å². The molecule has 1 fully saturated rings. The highest BCUT2D eigenvalue weighted by atomic mass is 16.5. The first-order chi connectivity index (χ1) is 11.3. The van der Waals surface area contributed by atoms with Crippen LogP contribution in [0.3, 0.4) is 0 Å². The third-order valence-corrected chi connectivity index (χ3v) is 3.74. The number of benzene rings is 2. The molecule has 118 valence electrons. The van der Waals surface area contributed by atoms with E-state index in [2.05, 4.69) is 10.6 Å². The van der Waals surface area contributed by atoms with Gasteiger partial charge in [0.05, 0.1) is 0 Å². The molecule has 0 unspecified atom stereocenters. The Kier molecular flexibility index (Phi) is 4.94. The van der Waals surface area contributed by atoms with E-state index in [0.29, 0.717) is 0 Å². The Labute approximate surface area is 136 Å². The van der Waals surface area contributed by atoms with E-state index in [1.54, 1.807) is 0 Å². The second-order valence-corrected chi connectivity index (χ2v) is 5.55. The molecule has 1 aliphatic rings. The number of urea groups is 1. The van der Waals surface area contributed by atoms with Crippen LogP contribution < -0.4 is 15.4 Å². The van der Waals surface area contributed by atoms with Gasteiger partial charge in [0, 0.05) is 11.9 Å². The Bertz CT molecular complexity index is 670. The predicted octanol–water partition coefficient (Wildman–Crippen LogP) is 5.06. The van der Waals surface area contributed by atoms with Gasteiger partial charge < -0.3 is 15.4 Å². The summed E-state index contributed by atoms with van der Waals surface area (Å²) in [6.07, 6.45) is 6.45. The van der Waals surface area contributed by atoms with E-state index in [1.807, 2.05) is 60.8 Å². The van der Waals surface area contributed by atoms with Crippen molar-refractivity contribution in [2.24, 2.45) is 0 Å². The maximum absolute atomic E-state index is 11.8. The summed E-state index contributed by atoms with van der Waals surface area (Å²) < 4.78 is 5.72. The zero-order valence-electron chi connectivity index (χ0n) is 12.9. The first-order valence-electron chi connectivity index (χ1n) is 7.88. The Morgan fingerprint density at radius 2 is 1.57 bits per heavy atom. The zero-order chi connectivity index (χ0) is 15.9. The molecule has 0 bridgehead atoms. The van der Waals surface area contributed by atoms with Crippen LogP contribution in [-0.2, 0) is 0 Å². The molecule has 0 aliphatic heterocycles. The summed E-state index contributed by atoms with van der Waals surface area (Å²) in [5, 5.41) is 5.59. The van der Waals surface area contributed by atoms with Gasteiger partial charge in [-0.15, -0.1) is 0 Å². The van der Waals surface area contributed by atoms with Gasteiger partial charge in [0.25, 0.3) is 0 Å². The van der Waals surface area contributed by atoms with Crippen LogP contribution in [-0.4, -0.2) is 6.03 Å². The number of rotatable bonds is 4.